The number of halogens is 2. The van der Waals surface area contributed by atoms with Crippen molar-refractivity contribution in [1.29, 1.82) is 0 Å². The first-order valence-electron chi connectivity index (χ1n) is 11.8. The third kappa shape index (κ3) is 6.59. The van der Waals surface area contributed by atoms with E-state index in [1.807, 2.05) is 19.1 Å². The number of carbonyl (C=O) groups excluding carboxylic acids is 1. The number of aromatic nitrogens is 2. The van der Waals surface area contributed by atoms with Crippen LogP contribution < -0.4 is 16.4 Å². The summed E-state index contributed by atoms with van der Waals surface area (Å²) in [6, 6.07) is 6.90. The number of aryl methyl sites for hydroxylation is 1. The van der Waals surface area contributed by atoms with Gasteiger partial charge in [0.2, 0.25) is 15.8 Å². The highest BCUT2D eigenvalue weighted by Crippen LogP contribution is 2.30. The molecule has 0 atom stereocenters. The first-order chi connectivity index (χ1) is 17.6. The molecule has 0 amide bonds. The second kappa shape index (κ2) is 11.5. The Balaban J connectivity index is 1.27. The van der Waals surface area contributed by atoms with Crippen LogP contribution in [0.5, 0.6) is 0 Å². The molecule has 3 heterocycles. The number of hydrogen-bond acceptors (Lipinski definition) is 9. The lowest BCUT2D eigenvalue weighted by atomic mass is 10.1. The average molecular weight is 551 g/mol. The molecule has 0 bridgehead atoms. The summed E-state index contributed by atoms with van der Waals surface area (Å²) in [4.78, 5) is 21.0. The van der Waals surface area contributed by atoms with E-state index >= 15 is 0 Å². The van der Waals surface area contributed by atoms with Gasteiger partial charge in [-0.2, -0.15) is 0 Å². The zero-order chi connectivity index (χ0) is 26.6. The van der Waals surface area contributed by atoms with E-state index in [-0.39, 0.29) is 22.5 Å². The molecule has 2 aromatic heterocycles. The van der Waals surface area contributed by atoms with Gasteiger partial charge in [0, 0.05) is 31.9 Å². The van der Waals surface area contributed by atoms with Gasteiger partial charge in [-0.25, -0.2) is 31.5 Å². The van der Waals surface area contributed by atoms with Crippen molar-refractivity contribution >= 4 is 43.9 Å². The molecule has 1 aliphatic heterocycles. The molecule has 1 fully saturated rings. The van der Waals surface area contributed by atoms with Crippen LogP contribution in [0.4, 0.5) is 25.5 Å². The summed E-state index contributed by atoms with van der Waals surface area (Å²) in [7, 11) is -3.40. The molecule has 0 unspecified atom stereocenters. The van der Waals surface area contributed by atoms with Crippen LogP contribution in [0, 0.1) is 18.6 Å². The third-order valence-electron chi connectivity index (χ3n) is 6.02. The van der Waals surface area contributed by atoms with Gasteiger partial charge in [-0.3, -0.25) is 4.79 Å². The monoisotopic (exact) mass is 550 g/mol. The summed E-state index contributed by atoms with van der Waals surface area (Å²) in [6.45, 7) is 3.15. The second-order valence-corrected chi connectivity index (χ2v) is 11.9. The van der Waals surface area contributed by atoms with Gasteiger partial charge in [-0.1, -0.05) is 17.4 Å². The molecule has 37 heavy (non-hydrogen) atoms. The van der Waals surface area contributed by atoms with Gasteiger partial charge in [0.15, 0.2) is 5.13 Å². The van der Waals surface area contributed by atoms with E-state index in [0.717, 1.165) is 34.9 Å². The number of ketones is 1. The lowest BCUT2D eigenvalue weighted by Crippen LogP contribution is -2.43. The number of nitrogens with two attached hydrogens (primary N) is 1. The molecule has 3 aromatic rings. The molecule has 4 N–H and O–H groups in total. The van der Waals surface area contributed by atoms with Crippen molar-refractivity contribution in [2.45, 2.75) is 32.2 Å². The Bertz CT molecular complexity index is 1350. The number of benzene rings is 1. The third-order valence-corrected chi connectivity index (χ3v) is 8.98. The minimum absolute atomic E-state index is 0.0327. The van der Waals surface area contributed by atoms with Crippen LogP contribution in [0.1, 0.15) is 40.1 Å². The van der Waals surface area contributed by atoms with Crippen molar-refractivity contribution in [1.82, 2.24) is 14.3 Å². The van der Waals surface area contributed by atoms with E-state index < -0.39 is 33.0 Å². The molecule has 0 radical (unpaired) electrons. The predicted octanol–water partition coefficient (Wildman–Crippen LogP) is 3.65. The first kappa shape index (κ1) is 26.9. The fourth-order valence-electron chi connectivity index (χ4n) is 4.07. The highest BCUT2D eigenvalue weighted by Gasteiger charge is 2.29. The zero-order valence-corrected chi connectivity index (χ0v) is 21.8. The quantitative estimate of drug-likeness (QED) is 0.258. The predicted molar refractivity (Wildman–Crippen MR) is 140 cm³/mol. The SMILES string of the molecule is Cc1ccnc(NCCCS(=O)(=O)N2CCC(Nc3nc(N)c(C(=O)c4c(F)cccc4F)s3)CC2)c1. The Morgan fingerprint density at radius 1 is 1.22 bits per heavy atom. The number of anilines is 3. The summed E-state index contributed by atoms with van der Waals surface area (Å²) in [6.07, 6.45) is 3.23. The number of nitrogen functional groups attached to an aromatic ring is 1. The molecule has 9 nitrogen and oxygen atoms in total. The number of pyridine rings is 1. The van der Waals surface area contributed by atoms with Gasteiger partial charge in [0.1, 0.15) is 28.1 Å². The summed E-state index contributed by atoms with van der Waals surface area (Å²) in [5.74, 6) is -2.17. The number of rotatable bonds is 10. The van der Waals surface area contributed by atoms with Gasteiger partial charge in [0.05, 0.1) is 11.3 Å². The maximum atomic E-state index is 14.0. The lowest BCUT2D eigenvalue weighted by Gasteiger charge is -2.31. The molecule has 4 rings (SSSR count). The van der Waals surface area contributed by atoms with Crippen molar-refractivity contribution in [3.8, 4) is 0 Å². The van der Waals surface area contributed by atoms with Gasteiger partial charge < -0.3 is 16.4 Å². The van der Waals surface area contributed by atoms with E-state index in [1.54, 1.807) is 6.20 Å². The topological polar surface area (TPSA) is 130 Å². The number of piperidine rings is 1. The van der Waals surface area contributed by atoms with Gasteiger partial charge in [-0.05, 0) is 56.0 Å². The smallest absolute Gasteiger partial charge is 0.214 e. The number of nitrogens with one attached hydrogen (secondary N) is 2. The van der Waals surface area contributed by atoms with Crippen molar-refractivity contribution < 1.29 is 22.0 Å². The Morgan fingerprint density at radius 2 is 1.92 bits per heavy atom. The maximum Gasteiger partial charge on any atom is 0.214 e. The Hall–Kier alpha value is -3.16. The molecule has 0 aliphatic carbocycles. The summed E-state index contributed by atoms with van der Waals surface area (Å²) < 4.78 is 55.1. The number of sulfonamides is 1. The standard InChI is InChI=1S/C24H28F2N6O3S2/c1-15-6-10-29-19(14-15)28-9-3-13-37(34,35)32-11-7-16(8-12-32)30-24-31-23(27)22(36-24)21(33)20-17(25)4-2-5-18(20)26/h2,4-6,10,14,16H,3,7-9,11-13,27H2,1H3,(H,28,29)(H,30,31). The first-order valence-corrected chi connectivity index (χ1v) is 14.2. The molecule has 1 aliphatic rings. The van der Waals surface area contributed by atoms with Crippen LogP contribution in [0.3, 0.4) is 0 Å². The summed E-state index contributed by atoms with van der Waals surface area (Å²) >= 11 is 0.918. The second-order valence-electron chi connectivity index (χ2n) is 8.79. The normalized spacial score (nSPS) is 15.0. The van der Waals surface area contributed by atoms with Gasteiger partial charge in [0.25, 0.3) is 0 Å². The van der Waals surface area contributed by atoms with Crippen LogP contribution in [0.15, 0.2) is 36.5 Å². The maximum absolute atomic E-state index is 14.0. The number of thiazole rings is 1. The molecular weight excluding hydrogens is 522 g/mol. The van der Waals surface area contributed by atoms with Crippen molar-refractivity contribution in [3.05, 3.63) is 64.2 Å². The number of carbonyl (C=O) groups is 1. The Labute approximate surface area is 218 Å². The fourth-order valence-corrected chi connectivity index (χ4v) is 6.51. The van der Waals surface area contributed by atoms with Crippen LogP contribution in [-0.4, -0.2) is 59.9 Å². The average Bonchev–Trinajstić information content (AvgIpc) is 3.22. The molecule has 1 aromatic carbocycles. The summed E-state index contributed by atoms with van der Waals surface area (Å²) in [5.41, 5.74) is 6.26. The van der Waals surface area contributed by atoms with Crippen molar-refractivity contribution in [3.63, 3.8) is 0 Å². The zero-order valence-electron chi connectivity index (χ0n) is 20.2. The largest absolute Gasteiger partial charge is 0.382 e. The van der Waals surface area contributed by atoms with E-state index in [1.165, 1.54) is 10.4 Å². The van der Waals surface area contributed by atoms with Crippen LogP contribution >= 0.6 is 11.3 Å². The van der Waals surface area contributed by atoms with Crippen LogP contribution in [0.2, 0.25) is 0 Å². The molecular formula is C24H28F2N6O3S2. The molecule has 198 valence electrons. The minimum atomic E-state index is -3.40. The van der Waals surface area contributed by atoms with E-state index in [2.05, 4.69) is 20.6 Å². The van der Waals surface area contributed by atoms with Crippen molar-refractivity contribution in [2.24, 2.45) is 0 Å². The van der Waals surface area contributed by atoms with Crippen molar-refractivity contribution in [2.75, 3.05) is 41.8 Å². The fraction of sp³-hybridized carbons (Fsp3) is 0.375. The van der Waals surface area contributed by atoms with E-state index in [9.17, 15) is 22.0 Å². The molecule has 0 saturated carbocycles. The number of hydrogen-bond donors (Lipinski definition) is 3. The number of nitrogens with zero attached hydrogens (tertiary/aromatic N) is 3. The molecule has 13 heteroatoms. The molecule has 0 spiro atoms. The van der Waals surface area contributed by atoms with Crippen LogP contribution in [0.25, 0.3) is 0 Å². The van der Waals surface area contributed by atoms with E-state index in [0.29, 0.717) is 44.0 Å². The van der Waals surface area contributed by atoms with E-state index in [4.69, 9.17) is 5.73 Å². The minimum Gasteiger partial charge on any atom is -0.382 e. The Morgan fingerprint density at radius 3 is 2.59 bits per heavy atom. The van der Waals surface area contributed by atoms with Gasteiger partial charge in [-0.15, -0.1) is 0 Å². The lowest BCUT2D eigenvalue weighted by molar-refractivity contribution is 0.103. The van der Waals surface area contributed by atoms with Crippen LogP contribution in [-0.2, 0) is 10.0 Å². The highest BCUT2D eigenvalue weighted by atomic mass is 32.2. The van der Waals surface area contributed by atoms with Gasteiger partial charge >= 0.3 is 0 Å². The molecule has 1 saturated heterocycles. The highest BCUT2D eigenvalue weighted by molar-refractivity contribution is 7.89. The summed E-state index contributed by atoms with van der Waals surface area (Å²) in [5, 5.41) is 6.66. The Kier molecular flexibility index (Phi) is 8.35.